The van der Waals surface area contributed by atoms with Gasteiger partial charge in [0.25, 0.3) is 0 Å². The Balaban J connectivity index is 2.00. The Bertz CT molecular complexity index is 1050. The third-order valence-corrected chi connectivity index (χ3v) is 4.59. The summed E-state index contributed by atoms with van der Waals surface area (Å²) in [6.07, 6.45) is 1.97. The SMILES string of the molecule is Cc1cnc(-c2cccc3c2oc2ccccc23)cc1C(C)(C)C. The maximum absolute atomic E-state index is 6.15. The molecule has 0 saturated carbocycles. The molecule has 24 heavy (non-hydrogen) atoms. The van der Waals surface area contributed by atoms with E-state index >= 15 is 0 Å². The molecule has 2 aromatic heterocycles. The van der Waals surface area contributed by atoms with Gasteiger partial charge in [0.2, 0.25) is 0 Å². The minimum absolute atomic E-state index is 0.0869. The smallest absolute Gasteiger partial charge is 0.144 e. The molecule has 2 nitrogen and oxygen atoms in total. The van der Waals surface area contributed by atoms with Gasteiger partial charge in [-0.25, -0.2) is 0 Å². The van der Waals surface area contributed by atoms with Crippen LogP contribution in [0.2, 0.25) is 0 Å². The van der Waals surface area contributed by atoms with E-state index < -0.39 is 0 Å². The van der Waals surface area contributed by atoms with Gasteiger partial charge in [0.15, 0.2) is 0 Å². The zero-order valence-corrected chi connectivity index (χ0v) is 14.6. The molecule has 4 rings (SSSR count). The highest BCUT2D eigenvalue weighted by atomic mass is 16.3. The fourth-order valence-electron chi connectivity index (χ4n) is 3.43. The van der Waals surface area contributed by atoms with E-state index in [9.17, 15) is 0 Å². The van der Waals surface area contributed by atoms with Crippen LogP contribution in [-0.4, -0.2) is 4.98 Å². The van der Waals surface area contributed by atoms with Crippen LogP contribution >= 0.6 is 0 Å². The van der Waals surface area contributed by atoms with Crippen LogP contribution in [0.1, 0.15) is 31.9 Å². The van der Waals surface area contributed by atoms with E-state index in [1.807, 2.05) is 24.4 Å². The van der Waals surface area contributed by atoms with Crippen molar-refractivity contribution in [3.63, 3.8) is 0 Å². The normalized spacial score (nSPS) is 12.2. The summed E-state index contributed by atoms with van der Waals surface area (Å²) in [5.41, 5.74) is 6.48. The first-order valence-electron chi connectivity index (χ1n) is 8.33. The number of hydrogen-bond acceptors (Lipinski definition) is 2. The van der Waals surface area contributed by atoms with Crippen molar-refractivity contribution in [2.45, 2.75) is 33.1 Å². The third-order valence-electron chi connectivity index (χ3n) is 4.59. The van der Waals surface area contributed by atoms with Gasteiger partial charge in [0.05, 0.1) is 5.69 Å². The molecule has 0 aliphatic rings. The lowest BCUT2D eigenvalue weighted by molar-refractivity contribution is 0.585. The van der Waals surface area contributed by atoms with Crippen molar-refractivity contribution >= 4 is 21.9 Å². The number of rotatable bonds is 1. The Morgan fingerprint density at radius 1 is 0.917 bits per heavy atom. The van der Waals surface area contributed by atoms with Crippen LogP contribution in [0.5, 0.6) is 0 Å². The number of fused-ring (bicyclic) bond motifs is 3. The van der Waals surface area contributed by atoms with Crippen molar-refractivity contribution in [1.82, 2.24) is 4.98 Å². The molecule has 4 aromatic rings. The van der Waals surface area contributed by atoms with Gasteiger partial charge in [0.1, 0.15) is 11.2 Å². The molecule has 0 atom stereocenters. The molecular weight excluding hydrogens is 294 g/mol. The molecule has 0 bridgehead atoms. The fourth-order valence-corrected chi connectivity index (χ4v) is 3.43. The average Bonchev–Trinajstić information content (AvgIpc) is 2.93. The summed E-state index contributed by atoms with van der Waals surface area (Å²) < 4.78 is 6.15. The Labute approximate surface area is 142 Å². The lowest BCUT2D eigenvalue weighted by Gasteiger charge is -2.22. The summed E-state index contributed by atoms with van der Waals surface area (Å²) in [5.74, 6) is 0. The largest absolute Gasteiger partial charge is 0.455 e. The van der Waals surface area contributed by atoms with Crippen molar-refractivity contribution in [1.29, 1.82) is 0 Å². The van der Waals surface area contributed by atoms with E-state index in [1.165, 1.54) is 11.1 Å². The van der Waals surface area contributed by atoms with Gasteiger partial charge < -0.3 is 4.42 Å². The lowest BCUT2D eigenvalue weighted by Crippen LogP contribution is -2.13. The highest BCUT2D eigenvalue weighted by molar-refractivity contribution is 6.09. The topological polar surface area (TPSA) is 26.0 Å². The molecule has 120 valence electrons. The zero-order valence-electron chi connectivity index (χ0n) is 14.6. The van der Waals surface area contributed by atoms with E-state index in [0.29, 0.717) is 0 Å². The van der Waals surface area contributed by atoms with Gasteiger partial charge in [-0.1, -0.05) is 51.1 Å². The predicted octanol–water partition coefficient (Wildman–Crippen LogP) is 6.25. The second kappa shape index (κ2) is 5.20. The summed E-state index contributed by atoms with van der Waals surface area (Å²) in [5, 5.41) is 2.29. The lowest BCUT2D eigenvalue weighted by atomic mass is 9.84. The van der Waals surface area contributed by atoms with E-state index in [2.05, 4.69) is 63.0 Å². The van der Waals surface area contributed by atoms with Crippen LogP contribution in [0.15, 0.2) is 59.1 Å². The number of aromatic nitrogens is 1. The van der Waals surface area contributed by atoms with Crippen molar-refractivity contribution in [3.05, 3.63) is 65.9 Å². The van der Waals surface area contributed by atoms with E-state index in [-0.39, 0.29) is 5.41 Å². The number of benzene rings is 2. The number of para-hydroxylation sites is 2. The van der Waals surface area contributed by atoms with Crippen molar-refractivity contribution < 1.29 is 4.42 Å². The van der Waals surface area contributed by atoms with Crippen LogP contribution in [0.3, 0.4) is 0 Å². The second-order valence-corrected chi connectivity index (χ2v) is 7.41. The molecule has 2 heterocycles. The summed E-state index contributed by atoms with van der Waals surface area (Å²) in [7, 11) is 0. The van der Waals surface area contributed by atoms with Crippen LogP contribution in [0.4, 0.5) is 0 Å². The van der Waals surface area contributed by atoms with Gasteiger partial charge >= 0.3 is 0 Å². The number of nitrogens with zero attached hydrogens (tertiary/aromatic N) is 1. The minimum Gasteiger partial charge on any atom is -0.455 e. The molecule has 0 radical (unpaired) electrons. The highest BCUT2D eigenvalue weighted by Crippen LogP contribution is 2.36. The third kappa shape index (κ3) is 2.30. The maximum Gasteiger partial charge on any atom is 0.144 e. The zero-order chi connectivity index (χ0) is 16.9. The molecule has 0 unspecified atom stereocenters. The van der Waals surface area contributed by atoms with Gasteiger partial charge in [-0.05, 0) is 41.7 Å². The van der Waals surface area contributed by atoms with Gasteiger partial charge in [-0.3, -0.25) is 4.98 Å². The van der Waals surface area contributed by atoms with Gasteiger partial charge in [-0.15, -0.1) is 0 Å². The quantitative estimate of drug-likeness (QED) is 0.414. The van der Waals surface area contributed by atoms with E-state index in [1.54, 1.807) is 0 Å². The highest BCUT2D eigenvalue weighted by Gasteiger charge is 2.19. The Hall–Kier alpha value is -2.61. The summed E-state index contributed by atoms with van der Waals surface area (Å²) in [4.78, 5) is 4.68. The molecule has 0 saturated heterocycles. The molecular formula is C22H21NO. The van der Waals surface area contributed by atoms with E-state index in [4.69, 9.17) is 4.42 Å². The number of pyridine rings is 1. The van der Waals surface area contributed by atoms with Crippen LogP contribution in [-0.2, 0) is 5.41 Å². The summed E-state index contributed by atoms with van der Waals surface area (Å²) >= 11 is 0. The monoisotopic (exact) mass is 315 g/mol. The Morgan fingerprint density at radius 3 is 2.46 bits per heavy atom. The summed E-state index contributed by atoms with van der Waals surface area (Å²) in [6, 6.07) is 16.7. The molecule has 0 aliphatic carbocycles. The molecule has 0 fully saturated rings. The first kappa shape index (κ1) is 14.9. The van der Waals surface area contributed by atoms with Crippen LogP contribution < -0.4 is 0 Å². The molecule has 2 heteroatoms. The molecule has 0 N–H and O–H groups in total. The standard InChI is InChI=1S/C22H21NO/c1-14-13-23-19(12-18(14)22(2,3)4)17-10-7-9-16-15-8-5-6-11-20(15)24-21(16)17/h5-13H,1-4H3. The first-order chi connectivity index (χ1) is 11.4. The van der Waals surface area contributed by atoms with Gasteiger partial charge in [-0.2, -0.15) is 0 Å². The molecule has 0 amide bonds. The Kier molecular flexibility index (Phi) is 3.24. The van der Waals surface area contributed by atoms with Crippen LogP contribution in [0, 0.1) is 6.92 Å². The molecule has 0 spiro atoms. The number of aryl methyl sites for hydroxylation is 1. The number of hydrogen-bond donors (Lipinski definition) is 0. The maximum atomic E-state index is 6.15. The second-order valence-electron chi connectivity index (χ2n) is 7.41. The van der Waals surface area contributed by atoms with Gasteiger partial charge in [0, 0.05) is 22.5 Å². The minimum atomic E-state index is 0.0869. The van der Waals surface area contributed by atoms with E-state index in [0.717, 1.165) is 33.2 Å². The number of furan rings is 1. The first-order valence-corrected chi connectivity index (χ1v) is 8.33. The van der Waals surface area contributed by atoms with Crippen molar-refractivity contribution in [2.75, 3.05) is 0 Å². The molecule has 2 aromatic carbocycles. The van der Waals surface area contributed by atoms with Crippen molar-refractivity contribution in [3.8, 4) is 11.3 Å². The Morgan fingerprint density at radius 2 is 1.67 bits per heavy atom. The molecule has 0 aliphatic heterocycles. The average molecular weight is 315 g/mol. The van der Waals surface area contributed by atoms with Crippen LogP contribution in [0.25, 0.3) is 33.2 Å². The fraction of sp³-hybridized carbons (Fsp3) is 0.227. The summed E-state index contributed by atoms with van der Waals surface area (Å²) in [6.45, 7) is 8.84. The predicted molar refractivity (Wildman–Crippen MR) is 100 cm³/mol. The van der Waals surface area contributed by atoms with Crippen molar-refractivity contribution in [2.24, 2.45) is 0 Å².